The number of rotatable bonds is 4. The maximum atomic E-state index is 8.67. The monoisotopic (exact) mass is 235 g/mol. The van der Waals surface area contributed by atoms with E-state index in [2.05, 4.69) is 5.16 Å². The van der Waals surface area contributed by atoms with Crippen molar-refractivity contribution in [2.24, 2.45) is 5.16 Å². The first kappa shape index (κ1) is 11.9. The Hall–Kier alpha value is -1.55. The van der Waals surface area contributed by atoms with E-state index in [9.17, 15) is 0 Å². The van der Waals surface area contributed by atoms with Gasteiger partial charge in [0.05, 0.1) is 12.8 Å². The summed E-state index contributed by atoms with van der Waals surface area (Å²) in [5.74, 6) is 0.862. The van der Waals surface area contributed by atoms with Crippen molar-refractivity contribution in [1.29, 1.82) is 0 Å². The van der Waals surface area contributed by atoms with E-state index in [0.717, 1.165) is 34.6 Å². The number of hydrogen-bond acceptors (Lipinski definition) is 4. The fraction of sp³-hybridized carbons (Fsp3) is 0.462. The highest BCUT2D eigenvalue weighted by molar-refractivity contribution is 5.84. The zero-order valence-corrected chi connectivity index (χ0v) is 10.4. The summed E-state index contributed by atoms with van der Waals surface area (Å²) in [6.45, 7) is 7.35. The fourth-order valence-corrected chi connectivity index (χ4v) is 2.00. The van der Waals surface area contributed by atoms with E-state index in [0.29, 0.717) is 6.61 Å². The smallest absolute Gasteiger partial charge is 0.125 e. The summed E-state index contributed by atoms with van der Waals surface area (Å²) < 4.78 is 10.9. The summed E-state index contributed by atoms with van der Waals surface area (Å²) in [4.78, 5) is 0. The van der Waals surface area contributed by atoms with E-state index < -0.39 is 0 Å². The van der Waals surface area contributed by atoms with Gasteiger partial charge in [0, 0.05) is 11.1 Å². The highest BCUT2D eigenvalue weighted by atomic mass is 16.6. The van der Waals surface area contributed by atoms with Crippen molar-refractivity contribution in [3.8, 4) is 5.75 Å². The Morgan fingerprint density at radius 2 is 2.18 bits per heavy atom. The minimum absolute atomic E-state index is 0.241. The predicted molar refractivity (Wildman–Crippen MR) is 65.3 cm³/mol. The van der Waals surface area contributed by atoms with Crippen LogP contribution in [0, 0.1) is 20.8 Å². The first-order valence-corrected chi connectivity index (χ1v) is 5.66. The van der Waals surface area contributed by atoms with Gasteiger partial charge in [0.15, 0.2) is 0 Å². The highest BCUT2D eigenvalue weighted by Gasteiger charge is 2.24. The largest absolute Gasteiger partial charge is 0.490 e. The summed E-state index contributed by atoms with van der Waals surface area (Å²) >= 11 is 0. The Balaban J connectivity index is 2.31. The van der Waals surface area contributed by atoms with E-state index in [-0.39, 0.29) is 6.10 Å². The third-order valence-electron chi connectivity index (χ3n) is 2.96. The van der Waals surface area contributed by atoms with Gasteiger partial charge < -0.3 is 14.7 Å². The van der Waals surface area contributed by atoms with E-state index in [1.807, 2.05) is 26.8 Å². The number of epoxide rings is 1. The van der Waals surface area contributed by atoms with Crippen molar-refractivity contribution >= 4 is 6.21 Å². The summed E-state index contributed by atoms with van der Waals surface area (Å²) in [6.07, 6.45) is 1.69. The van der Waals surface area contributed by atoms with E-state index in [1.165, 1.54) is 6.21 Å². The standard InChI is InChI=1S/C13H17NO3/c1-8-4-9(2)13(17-7-11-6-16-11)10(3)12(8)5-14-15/h4-5,11,15H,6-7H2,1-3H3/b14-5+. The van der Waals surface area contributed by atoms with Gasteiger partial charge in [-0.05, 0) is 31.9 Å². The zero-order chi connectivity index (χ0) is 12.4. The van der Waals surface area contributed by atoms with Gasteiger partial charge in [-0.1, -0.05) is 11.2 Å². The Morgan fingerprint density at radius 3 is 2.76 bits per heavy atom. The van der Waals surface area contributed by atoms with Crippen LogP contribution in [-0.2, 0) is 4.74 Å². The molecule has 4 heteroatoms. The van der Waals surface area contributed by atoms with Crippen molar-refractivity contribution in [2.75, 3.05) is 13.2 Å². The van der Waals surface area contributed by atoms with Crippen LogP contribution in [0.4, 0.5) is 0 Å². The number of nitrogens with zero attached hydrogens (tertiary/aromatic N) is 1. The molecular weight excluding hydrogens is 218 g/mol. The molecule has 0 radical (unpaired) electrons. The molecule has 17 heavy (non-hydrogen) atoms. The molecule has 1 aromatic rings. The van der Waals surface area contributed by atoms with Crippen LogP contribution in [0.2, 0.25) is 0 Å². The molecule has 1 saturated heterocycles. The zero-order valence-electron chi connectivity index (χ0n) is 10.4. The number of hydrogen-bond donors (Lipinski definition) is 1. The average Bonchev–Trinajstić information content (AvgIpc) is 3.07. The molecule has 1 atom stereocenters. The molecular formula is C13H17NO3. The molecule has 1 fully saturated rings. The Bertz CT molecular complexity index is 450. The van der Waals surface area contributed by atoms with E-state index >= 15 is 0 Å². The minimum atomic E-state index is 0.241. The van der Waals surface area contributed by atoms with Gasteiger partial charge in [-0.3, -0.25) is 0 Å². The molecule has 1 aliphatic heterocycles. The lowest BCUT2D eigenvalue weighted by atomic mass is 9.99. The Labute approximate surface area is 101 Å². The normalized spacial score (nSPS) is 18.6. The first-order valence-electron chi connectivity index (χ1n) is 5.66. The molecule has 0 amide bonds. The molecule has 92 valence electrons. The molecule has 4 nitrogen and oxygen atoms in total. The molecule has 1 unspecified atom stereocenters. The lowest BCUT2D eigenvalue weighted by Crippen LogP contribution is -2.08. The van der Waals surface area contributed by atoms with Crippen LogP contribution in [0.1, 0.15) is 22.3 Å². The van der Waals surface area contributed by atoms with E-state index in [4.69, 9.17) is 14.7 Å². The second-order valence-electron chi connectivity index (χ2n) is 4.39. The topological polar surface area (TPSA) is 54.3 Å². The SMILES string of the molecule is Cc1cc(C)c(OCC2CO2)c(C)c1/C=N/O. The molecule has 0 spiro atoms. The summed E-state index contributed by atoms with van der Waals surface area (Å²) in [5.41, 5.74) is 4.08. The predicted octanol–water partition coefficient (Wildman–Crippen LogP) is 2.20. The van der Waals surface area contributed by atoms with Gasteiger partial charge >= 0.3 is 0 Å². The van der Waals surface area contributed by atoms with Gasteiger partial charge in [-0.15, -0.1) is 0 Å². The highest BCUT2D eigenvalue weighted by Crippen LogP contribution is 2.29. The van der Waals surface area contributed by atoms with Crippen LogP contribution in [0.25, 0.3) is 0 Å². The van der Waals surface area contributed by atoms with Crippen LogP contribution in [0.5, 0.6) is 5.75 Å². The van der Waals surface area contributed by atoms with Crippen molar-refractivity contribution in [3.63, 3.8) is 0 Å². The van der Waals surface area contributed by atoms with Gasteiger partial charge in [0.2, 0.25) is 0 Å². The van der Waals surface area contributed by atoms with Crippen LogP contribution >= 0.6 is 0 Å². The molecule has 1 heterocycles. The molecule has 1 aromatic carbocycles. The number of ether oxygens (including phenoxy) is 2. The molecule has 0 saturated carbocycles. The fourth-order valence-electron chi connectivity index (χ4n) is 2.00. The van der Waals surface area contributed by atoms with Crippen molar-refractivity contribution in [3.05, 3.63) is 28.3 Å². The average molecular weight is 235 g/mol. The van der Waals surface area contributed by atoms with Gasteiger partial charge in [0.25, 0.3) is 0 Å². The molecule has 0 bridgehead atoms. The Morgan fingerprint density at radius 1 is 1.47 bits per heavy atom. The second kappa shape index (κ2) is 4.75. The summed E-state index contributed by atoms with van der Waals surface area (Å²) in [5, 5.41) is 11.8. The van der Waals surface area contributed by atoms with Crippen molar-refractivity contribution in [1.82, 2.24) is 0 Å². The van der Waals surface area contributed by atoms with Crippen LogP contribution in [0.3, 0.4) is 0 Å². The van der Waals surface area contributed by atoms with Crippen molar-refractivity contribution in [2.45, 2.75) is 26.9 Å². The molecule has 1 aliphatic rings. The van der Waals surface area contributed by atoms with Crippen LogP contribution < -0.4 is 4.74 Å². The lowest BCUT2D eigenvalue weighted by Gasteiger charge is -2.15. The molecule has 0 aromatic heterocycles. The second-order valence-corrected chi connectivity index (χ2v) is 4.39. The number of benzene rings is 1. The molecule has 1 N–H and O–H groups in total. The molecule has 2 rings (SSSR count). The minimum Gasteiger partial charge on any atom is -0.490 e. The Kier molecular flexibility index (Phi) is 3.33. The maximum Gasteiger partial charge on any atom is 0.125 e. The van der Waals surface area contributed by atoms with Crippen LogP contribution in [-0.4, -0.2) is 30.7 Å². The van der Waals surface area contributed by atoms with Gasteiger partial charge in [0.1, 0.15) is 18.5 Å². The first-order chi connectivity index (χ1) is 8.13. The number of oxime groups is 1. The van der Waals surface area contributed by atoms with Crippen molar-refractivity contribution < 1.29 is 14.7 Å². The lowest BCUT2D eigenvalue weighted by molar-refractivity contribution is 0.260. The van der Waals surface area contributed by atoms with E-state index in [1.54, 1.807) is 0 Å². The summed E-state index contributed by atoms with van der Waals surface area (Å²) in [7, 11) is 0. The third kappa shape index (κ3) is 2.58. The molecule has 0 aliphatic carbocycles. The van der Waals surface area contributed by atoms with Gasteiger partial charge in [-0.2, -0.15) is 0 Å². The third-order valence-corrected chi connectivity index (χ3v) is 2.96. The summed E-state index contributed by atoms with van der Waals surface area (Å²) in [6, 6.07) is 2.03. The van der Waals surface area contributed by atoms with Crippen LogP contribution in [0.15, 0.2) is 11.2 Å². The quantitative estimate of drug-likeness (QED) is 0.377. The van der Waals surface area contributed by atoms with Gasteiger partial charge in [-0.25, -0.2) is 0 Å². The number of aryl methyl sites for hydroxylation is 2. The maximum absolute atomic E-state index is 8.67.